The molecule has 1 fully saturated rings. The summed E-state index contributed by atoms with van der Waals surface area (Å²) >= 11 is 0. The van der Waals surface area contributed by atoms with E-state index in [9.17, 15) is 9.90 Å². The molecule has 24 heavy (non-hydrogen) atoms. The quantitative estimate of drug-likeness (QED) is 0.853. The molecule has 1 atom stereocenters. The molecule has 2 aromatic rings. The number of carbonyl (C=O) groups is 1. The average Bonchev–Trinajstić information content (AvgIpc) is 3.04. The third kappa shape index (κ3) is 3.93. The standard InChI is InChI=1S/C19H21NO4/c21-13-16-2-1-11-20(16)12-14-3-7-17(8-4-14)24-18-9-5-15(6-10-18)19(22)23/h3-10,16,21H,1-2,11-13H2,(H,22,23)/t16-/m1/s1. The van der Waals surface area contributed by atoms with E-state index in [2.05, 4.69) is 4.90 Å². The van der Waals surface area contributed by atoms with Crippen molar-refractivity contribution in [3.63, 3.8) is 0 Å². The van der Waals surface area contributed by atoms with Gasteiger partial charge in [-0.2, -0.15) is 0 Å². The molecule has 0 amide bonds. The minimum Gasteiger partial charge on any atom is -0.478 e. The summed E-state index contributed by atoms with van der Waals surface area (Å²) in [5.41, 5.74) is 1.42. The zero-order valence-electron chi connectivity index (χ0n) is 13.4. The maximum atomic E-state index is 10.8. The molecule has 0 bridgehead atoms. The molecule has 2 aromatic carbocycles. The van der Waals surface area contributed by atoms with E-state index >= 15 is 0 Å². The van der Waals surface area contributed by atoms with Crippen LogP contribution in [0.25, 0.3) is 0 Å². The van der Waals surface area contributed by atoms with Crippen LogP contribution in [0.15, 0.2) is 48.5 Å². The Morgan fingerprint density at radius 3 is 2.29 bits per heavy atom. The van der Waals surface area contributed by atoms with Gasteiger partial charge in [0.1, 0.15) is 11.5 Å². The van der Waals surface area contributed by atoms with Crippen molar-refractivity contribution in [2.24, 2.45) is 0 Å². The fraction of sp³-hybridized carbons (Fsp3) is 0.316. The van der Waals surface area contributed by atoms with E-state index in [1.165, 1.54) is 17.7 Å². The Kier molecular flexibility index (Phi) is 5.13. The van der Waals surface area contributed by atoms with E-state index in [0.29, 0.717) is 11.5 Å². The first-order valence-electron chi connectivity index (χ1n) is 8.11. The maximum Gasteiger partial charge on any atom is 0.335 e. The van der Waals surface area contributed by atoms with Crippen LogP contribution in [-0.4, -0.2) is 40.3 Å². The molecule has 2 N–H and O–H groups in total. The number of aliphatic hydroxyl groups excluding tert-OH is 1. The van der Waals surface area contributed by atoms with Gasteiger partial charge in [0.05, 0.1) is 12.2 Å². The lowest BCUT2D eigenvalue weighted by Crippen LogP contribution is -2.31. The van der Waals surface area contributed by atoms with Crippen molar-refractivity contribution in [2.75, 3.05) is 13.2 Å². The number of likely N-dealkylation sites (tertiary alicyclic amines) is 1. The molecule has 1 aliphatic rings. The average molecular weight is 327 g/mol. The van der Waals surface area contributed by atoms with Crippen LogP contribution in [0.5, 0.6) is 11.5 Å². The van der Waals surface area contributed by atoms with Gasteiger partial charge in [-0.15, -0.1) is 0 Å². The Morgan fingerprint density at radius 1 is 1.08 bits per heavy atom. The highest BCUT2D eigenvalue weighted by Crippen LogP contribution is 2.24. The van der Waals surface area contributed by atoms with Gasteiger partial charge in [0.25, 0.3) is 0 Å². The zero-order chi connectivity index (χ0) is 16.9. The summed E-state index contributed by atoms with van der Waals surface area (Å²) in [6, 6.07) is 14.5. The van der Waals surface area contributed by atoms with Gasteiger partial charge in [-0.1, -0.05) is 12.1 Å². The van der Waals surface area contributed by atoms with Gasteiger partial charge in [-0.05, 0) is 61.3 Å². The largest absolute Gasteiger partial charge is 0.478 e. The van der Waals surface area contributed by atoms with Crippen LogP contribution in [0.3, 0.4) is 0 Å². The number of aliphatic hydroxyl groups is 1. The van der Waals surface area contributed by atoms with Crippen molar-refractivity contribution in [1.82, 2.24) is 4.90 Å². The number of nitrogens with zero attached hydrogens (tertiary/aromatic N) is 1. The van der Waals surface area contributed by atoms with Gasteiger partial charge in [0, 0.05) is 12.6 Å². The molecule has 0 aromatic heterocycles. The molecule has 5 heteroatoms. The van der Waals surface area contributed by atoms with E-state index in [1.807, 2.05) is 24.3 Å². The van der Waals surface area contributed by atoms with Crippen LogP contribution in [-0.2, 0) is 6.54 Å². The number of benzene rings is 2. The number of aromatic carboxylic acids is 1. The summed E-state index contributed by atoms with van der Waals surface area (Å²) in [5.74, 6) is 0.364. The third-order valence-corrected chi connectivity index (χ3v) is 4.36. The Balaban J connectivity index is 1.61. The van der Waals surface area contributed by atoms with Crippen LogP contribution in [0, 0.1) is 0 Å². The second-order valence-corrected chi connectivity index (χ2v) is 6.02. The maximum absolute atomic E-state index is 10.8. The van der Waals surface area contributed by atoms with Crippen LogP contribution in [0.2, 0.25) is 0 Å². The fourth-order valence-corrected chi connectivity index (χ4v) is 3.01. The second kappa shape index (κ2) is 7.47. The Bertz CT molecular complexity index is 682. The van der Waals surface area contributed by atoms with E-state index in [4.69, 9.17) is 9.84 Å². The summed E-state index contributed by atoms with van der Waals surface area (Å²) in [7, 11) is 0. The number of carboxylic acids is 1. The minimum absolute atomic E-state index is 0.216. The smallest absolute Gasteiger partial charge is 0.335 e. The molecule has 0 spiro atoms. The van der Waals surface area contributed by atoms with Gasteiger partial charge in [-0.3, -0.25) is 4.90 Å². The summed E-state index contributed by atoms with van der Waals surface area (Å²) in [4.78, 5) is 13.1. The summed E-state index contributed by atoms with van der Waals surface area (Å²) in [6.07, 6.45) is 2.20. The van der Waals surface area contributed by atoms with Crippen LogP contribution >= 0.6 is 0 Å². The molecule has 1 heterocycles. The molecular formula is C19H21NO4. The fourth-order valence-electron chi connectivity index (χ4n) is 3.01. The van der Waals surface area contributed by atoms with Gasteiger partial charge in [0.2, 0.25) is 0 Å². The van der Waals surface area contributed by atoms with Gasteiger partial charge < -0.3 is 14.9 Å². The Hall–Kier alpha value is -2.37. The molecule has 0 radical (unpaired) electrons. The molecule has 0 saturated carbocycles. The van der Waals surface area contributed by atoms with E-state index in [0.717, 1.165) is 25.9 Å². The first kappa shape index (κ1) is 16.5. The summed E-state index contributed by atoms with van der Waals surface area (Å²) < 4.78 is 5.73. The third-order valence-electron chi connectivity index (χ3n) is 4.36. The first-order valence-corrected chi connectivity index (χ1v) is 8.11. The topological polar surface area (TPSA) is 70.0 Å². The van der Waals surface area contributed by atoms with Crippen molar-refractivity contribution in [2.45, 2.75) is 25.4 Å². The van der Waals surface area contributed by atoms with Gasteiger partial charge in [-0.25, -0.2) is 4.79 Å². The minimum atomic E-state index is -0.950. The number of ether oxygens (including phenoxy) is 1. The molecule has 5 nitrogen and oxygen atoms in total. The van der Waals surface area contributed by atoms with Crippen LogP contribution in [0.1, 0.15) is 28.8 Å². The lowest BCUT2D eigenvalue weighted by Gasteiger charge is -2.22. The predicted molar refractivity (Wildman–Crippen MR) is 90.4 cm³/mol. The number of rotatable bonds is 6. The zero-order valence-corrected chi connectivity index (χ0v) is 13.4. The number of hydrogen-bond acceptors (Lipinski definition) is 4. The predicted octanol–water partition coefficient (Wildman–Crippen LogP) is 3.13. The van der Waals surface area contributed by atoms with E-state index in [1.54, 1.807) is 12.1 Å². The SMILES string of the molecule is O=C(O)c1ccc(Oc2ccc(CN3CCC[C@@H]3CO)cc2)cc1. The highest BCUT2D eigenvalue weighted by Gasteiger charge is 2.23. The first-order chi connectivity index (χ1) is 11.7. The monoisotopic (exact) mass is 327 g/mol. The molecule has 1 aliphatic heterocycles. The summed E-state index contributed by atoms with van der Waals surface area (Å²) in [5, 5.41) is 18.3. The summed E-state index contributed by atoms with van der Waals surface area (Å²) in [6.45, 7) is 2.08. The van der Waals surface area contributed by atoms with Crippen LogP contribution < -0.4 is 4.74 Å². The van der Waals surface area contributed by atoms with E-state index < -0.39 is 5.97 Å². The van der Waals surface area contributed by atoms with E-state index in [-0.39, 0.29) is 18.2 Å². The highest BCUT2D eigenvalue weighted by atomic mass is 16.5. The van der Waals surface area contributed by atoms with Crippen molar-refractivity contribution >= 4 is 5.97 Å². The van der Waals surface area contributed by atoms with Crippen molar-refractivity contribution in [3.05, 3.63) is 59.7 Å². The van der Waals surface area contributed by atoms with Crippen molar-refractivity contribution in [3.8, 4) is 11.5 Å². The Morgan fingerprint density at radius 2 is 1.71 bits per heavy atom. The molecule has 3 rings (SSSR count). The molecule has 1 saturated heterocycles. The van der Waals surface area contributed by atoms with Gasteiger partial charge >= 0.3 is 5.97 Å². The lowest BCUT2D eigenvalue weighted by molar-refractivity contribution is 0.0697. The van der Waals surface area contributed by atoms with Gasteiger partial charge in [0.15, 0.2) is 0 Å². The number of carboxylic acid groups (broad SMARTS) is 1. The molecular weight excluding hydrogens is 306 g/mol. The number of hydrogen-bond donors (Lipinski definition) is 2. The van der Waals surface area contributed by atoms with Crippen LogP contribution in [0.4, 0.5) is 0 Å². The van der Waals surface area contributed by atoms with Crippen molar-refractivity contribution < 1.29 is 19.7 Å². The highest BCUT2D eigenvalue weighted by molar-refractivity contribution is 5.87. The molecule has 126 valence electrons. The second-order valence-electron chi connectivity index (χ2n) is 6.02. The van der Waals surface area contributed by atoms with Crippen molar-refractivity contribution in [1.29, 1.82) is 0 Å². The molecule has 0 unspecified atom stereocenters. The Labute approximate surface area is 141 Å². The lowest BCUT2D eigenvalue weighted by atomic mass is 10.2. The normalized spacial score (nSPS) is 17.8. The molecule has 0 aliphatic carbocycles.